The van der Waals surface area contributed by atoms with Crippen LogP contribution in [-0.2, 0) is 14.3 Å². The Hall–Kier alpha value is -0.650. The highest BCUT2D eigenvalue weighted by Crippen LogP contribution is 2.16. The van der Waals surface area contributed by atoms with Crippen molar-refractivity contribution in [3.8, 4) is 0 Å². The van der Waals surface area contributed by atoms with Gasteiger partial charge in [0.25, 0.3) is 0 Å². The van der Waals surface area contributed by atoms with E-state index in [-0.39, 0.29) is 23.7 Å². The van der Waals surface area contributed by atoms with Crippen molar-refractivity contribution in [3.05, 3.63) is 0 Å². The number of ether oxygens (including phenoxy) is 2. The molecule has 112 valence electrons. The fraction of sp³-hybridized carbons (Fsp3) is 0.929. The lowest BCUT2D eigenvalue weighted by atomic mass is 10.1. The molecule has 1 unspecified atom stereocenters. The fourth-order valence-corrected chi connectivity index (χ4v) is 2.43. The highest BCUT2D eigenvalue weighted by atomic mass is 16.5. The Bertz CT molecular complexity index is 292. The van der Waals surface area contributed by atoms with Crippen LogP contribution in [0, 0.1) is 0 Å². The predicted molar refractivity (Wildman–Crippen MR) is 75.2 cm³/mol. The maximum Gasteiger partial charge on any atom is 0.322 e. The first-order valence-corrected chi connectivity index (χ1v) is 7.04. The summed E-state index contributed by atoms with van der Waals surface area (Å²) in [7, 11) is 1.44. The first-order valence-electron chi connectivity index (χ1n) is 7.04. The van der Waals surface area contributed by atoms with E-state index in [2.05, 4.69) is 24.1 Å². The van der Waals surface area contributed by atoms with Gasteiger partial charge in [-0.15, -0.1) is 0 Å². The lowest BCUT2D eigenvalue weighted by molar-refractivity contribution is -0.143. The molecule has 0 bridgehead atoms. The summed E-state index contributed by atoms with van der Waals surface area (Å²) in [4.78, 5) is 14.1. The second-order valence-electron chi connectivity index (χ2n) is 6.07. The topological polar surface area (TPSA) is 50.8 Å². The summed E-state index contributed by atoms with van der Waals surface area (Å²) in [6.45, 7) is 11.7. The van der Waals surface area contributed by atoms with Crippen molar-refractivity contribution < 1.29 is 14.3 Å². The molecule has 0 aromatic rings. The minimum Gasteiger partial charge on any atom is -0.468 e. The number of nitrogens with one attached hydrogen (secondary N) is 1. The molecule has 0 spiro atoms. The number of nitrogens with zero attached hydrogens (tertiary/aromatic N) is 1. The van der Waals surface area contributed by atoms with E-state index in [0.29, 0.717) is 0 Å². The van der Waals surface area contributed by atoms with Crippen LogP contribution in [0.5, 0.6) is 0 Å². The molecule has 1 fully saturated rings. The molecular weight excluding hydrogens is 244 g/mol. The van der Waals surface area contributed by atoms with Crippen molar-refractivity contribution in [2.24, 2.45) is 0 Å². The average Bonchev–Trinajstić information content (AvgIpc) is 2.32. The van der Waals surface area contributed by atoms with Gasteiger partial charge in [0.1, 0.15) is 6.04 Å². The predicted octanol–water partition coefficient (Wildman–Crippen LogP) is 1.03. The number of carbonyl (C=O) groups is 1. The Morgan fingerprint density at radius 2 is 2.16 bits per heavy atom. The molecule has 0 aliphatic carbocycles. The van der Waals surface area contributed by atoms with E-state index in [1.54, 1.807) is 0 Å². The normalized spacial score (nSPS) is 21.4. The van der Waals surface area contributed by atoms with Gasteiger partial charge < -0.3 is 14.8 Å². The summed E-state index contributed by atoms with van der Waals surface area (Å²) in [6, 6.07) is 0.0428. The van der Waals surface area contributed by atoms with E-state index in [4.69, 9.17) is 9.47 Å². The molecule has 1 aliphatic rings. The molecule has 19 heavy (non-hydrogen) atoms. The molecule has 0 aromatic carbocycles. The van der Waals surface area contributed by atoms with E-state index in [0.717, 1.165) is 32.7 Å². The van der Waals surface area contributed by atoms with Crippen LogP contribution in [0.25, 0.3) is 0 Å². The third-order valence-corrected chi connectivity index (χ3v) is 3.26. The van der Waals surface area contributed by atoms with Crippen LogP contribution < -0.4 is 5.32 Å². The van der Waals surface area contributed by atoms with Crippen LogP contribution in [0.2, 0.25) is 0 Å². The van der Waals surface area contributed by atoms with E-state index < -0.39 is 0 Å². The summed E-state index contributed by atoms with van der Waals surface area (Å²) in [5, 5.41) is 3.26. The molecular formula is C14H28N2O3. The van der Waals surface area contributed by atoms with Crippen molar-refractivity contribution in [2.75, 3.05) is 33.4 Å². The highest BCUT2D eigenvalue weighted by molar-refractivity contribution is 5.75. The Balaban J connectivity index is 2.44. The van der Waals surface area contributed by atoms with Crippen LogP contribution in [0.15, 0.2) is 0 Å². The molecule has 1 rings (SSSR count). The Labute approximate surface area is 116 Å². The summed E-state index contributed by atoms with van der Waals surface area (Å²) in [5.74, 6) is -0.179. The van der Waals surface area contributed by atoms with Gasteiger partial charge in [-0.1, -0.05) is 13.8 Å². The molecule has 0 radical (unpaired) electrons. The largest absolute Gasteiger partial charge is 0.468 e. The van der Waals surface area contributed by atoms with E-state index >= 15 is 0 Å². The minimum absolute atomic E-state index is 0.0928. The quantitative estimate of drug-likeness (QED) is 0.732. The van der Waals surface area contributed by atoms with Gasteiger partial charge in [-0.2, -0.15) is 0 Å². The van der Waals surface area contributed by atoms with Gasteiger partial charge in [-0.25, -0.2) is 0 Å². The van der Waals surface area contributed by atoms with Crippen molar-refractivity contribution in [2.45, 2.75) is 51.8 Å². The lowest BCUT2D eigenvalue weighted by Crippen LogP contribution is -2.50. The highest BCUT2D eigenvalue weighted by Gasteiger charge is 2.28. The van der Waals surface area contributed by atoms with E-state index in [1.807, 2.05) is 13.8 Å². The number of esters is 1. The lowest BCUT2D eigenvalue weighted by Gasteiger charge is -2.38. The Morgan fingerprint density at radius 3 is 2.68 bits per heavy atom. The molecule has 5 heteroatoms. The number of hydrogen-bond acceptors (Lipinski definition) is 5. The molecule has 1 saturated heterocycles. The second kappa shape index (κ2) is 7.22. The number of carbonyl (C=O) groups excluding carboxylic acids is 1. The van der Waals surface area contributed by atoms with Gasteiger partial charge in [0.2, 0.25) is 0 Å². The second-order valence-corrected chi connectivity index (χ2v) is 6.07. The number of hydrogen-bond donors (Lipinski definition) is 1. The molecule has 0 amide bonds. The van der Waals surface area contributed by atoms with Gasteiger partial charge in [0.15, 0.2) is 0 Å². The summed E-state index contributed by atoms with van der Waals surface area (Å²) >= 11 is 0. The monoisotopic (exact) mass is 272 g/mol. The number of morpholine rings is 1. The van der Waals surface area contributed by atoms with Crippen molar-refractivity contribution >= 4 is 5.97 Å². The maximum absolute atomic E-state index is 11.7. The van der Waals surface area contributed by atoms with Crippen LogP contribution in [0.3, 0.4) is 0 Å². The SMILES string of the molecule is COC(=O)C(CCN1CCOC(C)(C)C1)NC(C)C. The number of rotatable bonds is 6. The average molecular weight is 272 g/mol. The van der Waals surface area contributed by atoms with Crippen LogP contribution in [0.1, 0.15) is 34.1 Å². The molecule has 0 aromatic heterocycles. The number of methoxy groups -OCH3 is 1. The summed E-state index contributed by atoms with van der Waals surface area (Å²) < 4.78 is 10.5. The maximum atomic E-state index is 11.7. The van der Waals surface area contributed by atoms with Gasteiger partial charge in [0, 0.05) is 25.7 Å². The Kier molecular flexibility index (Phi) is 6.23. The Morgan fingerprint density at radius 1 is 1.47 bits per heavy atom. The molecule has 1 aliphatic heterocycles. The summed E-state index contributed by atoms with van der Waals surface area (Å²) in [6.07, 6.45) is 0.765. The van der Waals surface area contributed by atoms with Crippen LogP contribution in [-0.4, -0.2) is 61.9 Å². The van der Waals surface area contributed by atoms with Crippen LogP contribution >= 0.6 is 0 Å². The molecule has 0 saturated carbocycles. The molecule has 1 heterocycles. The van der Waals surface area contributed by atoms with Gasteiger partial charge in [-0.3, -0.25) is 9.69 Å². The zero-order valence-corrected chi connectivity index (χ0v) is 12.9. The fourth-order valence-electron chi connectivity index (χ4n) is 2.43. The van der Waals surface area contributed by atoms with Gasteiger partial charge in [0.05, 0.1) is 19.3 Å². The van der Waals surface area contributed by atoms with Gasteiger partial charge in [-0.05, 0) is 20.3 Å². The molecule has 5 nitrogen and oxygen atoms in total. The van der Waals surface area contributed by atoms with E-state index in [9.17, 15) is 4.79 Å². The molecule has 1 atom stereocenters. The van der Waals surface area contributed by atoms with Crippen LogP contribution in [0.4, 0.5) is 0 Å². The third-order valence-electron chi connectivity index (χ3n) is 3.26. The first-order chi connectivity index (χ1) is 8.84. The van der Waals surface area contributed by atoms with Gasteiger partial charge >= 0.3 is 5.97 Å². The standard InChI is InChI=1S/C14H28N2O3/c1-11(2)15-12(13(17)18-5)6-7-16-8-9-19-14(3,4)10-16/h11-12,15H,6-10H2,1-5H3. The zero-order chi connectivity index (χ0) is 14.5. The third kappa shape index (κ3) is 5.89. The van der Waals surface area contributed by atoms with Crippen molar-refractivity contribution in [3.63, 3.8) is 0 Å². The van der Waals surface area contributed by atoms with E-state index in [1.165, 1.54) is 7.11 Å². The van der Waals surface area contributed by atoms with Crippen molar-refractivity contribution in [1.82, 2.24) is 10.2 Å². The molecule has 1 N–H and O–H groups in total. The summed E-state index contributed by atoms with van der Waals surface area (Å²) in [5.41, 5.74) is -0.0928. The minimum atomic E-state index is -0.226. The first kappa shape index (κ1) is 16.4. The zero-order valence-electron chi connectivity index (χ0n) is 12.9. The van der Waals surface area contributed by atoms with Crippen molar-refractivity contribution in [1.29, 1.82) is 0 Å². The smallest absolute Gasteiger partial charge is 0.322 e.